The van der Waals surface area contributed by atoms with Gasteiger partial charge in [0.1, 0.15) is 0 Å². The second-order valence-corrected chi connectivity index (χ2v) is 9.46. The summed E-state index contributed by atoms with van der Waals surface area (Å²) in [4.78, 5) is 4.78. The minimum absolute atomic E-state index is 1.06. The fourth-order valence-electron chi connectivity index (χ4n) is 4.97. The average molecular weight is 438 g/mol. The van der Waals surface area contributed by atoms with E-state index in [1.54, 1.807) is 0 Å². The summed E-state index contributed by atoms with van der Waals surface area (Å²) in [5.41, 5.74) is 6.05. The van der Waals surface area contributed by atoms with Crippen molar-refractivity contribution in [3.8, 4) is 22.3 Å². The molecule has 2 heteroatoms. The zero-order chi connectivity index (χ0) is 21.8. The molecule has 0 fully saturated rings. The fraction of sp³-hybridized carbons (Fsp3) is 0. The number of hydrogen-bond acceptors (Lipinski definition) is 2. The van der Waals surface area contributed by atoms with Gasteiger partial charge in [0.05, 0.1) is 5.52 Å². The van der Waals surface area contributed by atoms with Crippen LogP contribution in [0.3, 0.4) is 0 Å². The average Bonchev–Trinajstić information content (AvgIpc) is 3.27. The summed E-state index contributed by atoms with van der Waals surface area (Å²) in [5.74, 6) is 0. The van der Waals surface area contributed by atoms with Gasteiger partial charge < -0.3 is 0 Å². The molecule has 0 atom stereocenters. The lowest BCUT2D eigenvalue weighted by molar-refractivity contribution is 1.43. The molecule has 0 aliphatic carbocycles. The Hall–Kier alpha value is -4.01. The molecule has 0 amide bonds. The molecule has 0 aliphatic heterocycles. The lowest BCUT2D eigenvalue weighted by atomic mass is 9.92. The predicted octanol–water partition coefficient (Wildman–Crippen LogP) is 9.09. The van der Waals surface area contributed by atoms with E-state index >= 15 is 0 Å². The summed E-state index contributed by atoms with van der Waals surface area (Å²) in [6.07, 6.45) is 1.89. The number of thiophene rings is 1. The van der Waals surface area contributed by atoms with E-state index in [2.05, 4.69) is 103 Å². The fourth-order valence-corrected chi connectivity index (χ4v) is 6.19. The number of rotatable bonds is 2. The summed E-state index contributed by atoms with van der Waals surface area (Å²) in [5, 5.41) is 6.24. The zero-order valence-electron chi connectivity index (χ0n) is 17.8. The molecule has 7 rings (SSSR count). The van der Waals surface area contributed by atoms with Gasteiger partial charge in [-0.3, -0.25) is 4.98 Å². The molecule has 0 saturated carbocycles. The maximum Gasteiger partial charge on any atom is 0.0786 e. The highest BCUT2D eigenvalue weighted by molar-refractivity contribution is 7.26. The molecule has 7 aromatic rings. The van der Waals surface area contributed by atoms with Gasteiger partial charge in [-0.05, 0) is 46.3 Å². The second kappa shape index (κ2) is 7.26. The first-order valence-corrected chi connectivity index (χ1v) is 12.0. The van der Waals surface area contributed by atoms with Gasteiger partial charge >= 0.3 is 0 Å². The van der Waals surface area contributed by atoms with Crippen LogP contribution in [0.15, 0.2) is 115 Å². The van der Waals surface area contributed by atoms with E-state index in [1.807, 2.05) is 23.6 Å². The Morgan fingerprint density at radius 2 is 1.36 bits per heavy atom. The van der Waals surface area contributed by atoms with Gasteiger partial charge in [-0.25, -0.2) is 0 Å². The Balaban J connectivity index is 1.63. The van der Waals surface area contributed by atoms with Crippen LogP contribution >= 0.6 is 11.3 Å². The molecule has 0 unspecified atom stereocenters. The summed E-state index contributed by atoms with van der Waals surface area (Å²) in [6.45, 7) is 0. The molecule has 0 saturated heterocycles. The van der Waals surface area contributed by atoms with E-state index in [0.717, 1.165) is 5.52 Å². The van der Waals surface area contributed by atoms with Gasteiger partial charge in [0.15, 0.2) is 0 Å². The van der Waals surface area contributed by atoms with Crippen molar-refractivity contribution in [2.24, 2.45) is 0 Å². The minimum atomic E-state index is 1.06. The Morgan fingerprint density at radius 1 is 0.545 bits per heavy atom. The molecule has 0 bridgehead atoms. The Labute approximate surface area is 195 Å². The van der Waals surface area contributed by atoms with E-state index < -0.39 is 0 Å². The molecule has 33 heavy (non-hydrogen) atoms. The van der Waals surface area contributed by atoms with E-state index in [9.17, 15) is 0 Å². The van der Waals surface area contributed by atoms with Gasteiger partial charge in [-0.15, -0.1) is 11.3 Å². The third-order valence-electron chi connectivity index (χ3n) is 6.49. The van der Waals surface area contributed by atoms with Gasteiger partial charge in [0.2, 0.25) is 0 Å². The van der Waals surface area contributed by atoms with Gasteiger partial charge in [0, 0.05) is 42.7 Å². The number of benzene rings is 5. The maximum absolute atomic E-state index is 4.78. The molecule has 0 spiro atoms. The van der Waals surface area contributed by atoms with Crippen LogP contribution in [0, 0.1) is 0 Å². The Morgan fingerprint density at radius 3 is 2.30 bits per heavy atom. The standard InChI is InChI=1S/C31H19NS/c1-2-8-20(9-3-1)26-18-23(19-27-25-12-4-5-14-28(25)33-31(26)27)24-13-6-10-21-15-16-22-11-7-17-32-30(22)29(21)24/h1-19H. The molecule has 0 radical (unpaired) electrons. The van der Waals surface area contributed by atoms with Crippen molar-refractivity contribution >= 4 is 53.2 Å². The number of aromatic nitrogens is 1. The van der Waals surface area contributed by atoms with Gasteiger partial charge in [-0.2, -0.15) is 0 Å². The van der Waals surface area contributed by atoms with Crippen molar-refractivity contribution in [1.29, 1.82) is 0 Å². The summed E-state index contributed by atoms with van der Waals surface area (Å²) in [6, 6.07) is 39.3. The molecular formula is C31H19NS. The largest absolute Gasteiger partial charge is 0.256 e. The van der Waals surface area contributed by atoms with E-state index in [0.29, 0.717) is 0 Å². The normalized spacial score (nSPS) is 11.6. The Kier molecular flexibility index (Phi) is 4.08. The molecular weight excluding hydrogens is 418 g/mol. The SMILES string of the molecule is c1ccc(-c2cc(-c3cccc4ccc5cccnc5c34)cc3c2sc2ccccc23)cc1. The van der Waals surface area contributed by atoms with Gasteiger partial charge in [0.25, 0.3) is 0 Å². The van der Waals surface area contributed by atoms with Gasteiger partial charge in [-0.1, -0.05) is 84.9 Å². The molecule has 2 heterocycles. The Bertz CT molecular complexity index is 1810. The number of hydrogen-bond donors (Lipinski definition) is 0. The highest BCUT2D eigenvalue weighted by atomic mass is 32.1. The summed E-state index contributed by atoms with van der Waals surface area (Å²) < 4.78 is 2.67. The van der Waals surface area contributed by atoms with Crippen molar-refractivity contribution in [3.63, 3.8) is 0 Å². The van der Waals surface area contributed by atoms with Crippen LogP contribution in [0.5, 0.6) is 0 Å². The first-order valence-electron chi connectivity index (χ1n) is 11.1. The van der Waals surface area contributed by atoms with Crippen LogP contribution in [0.1, 0.15) is 0 Å². The topological polar surface area (TPSA) is 12.9 Å². The third-order valence-corrected chi connectivity index (χ3v) is 7.71. The minimum Gasteiger partial charge on any atom is -0.256 e. The first kappa shape index (κ1) is 18.6. The van der Waals surface area contributed by atoms with Crippen molar-refractivity contribution in [2.45, 2.75) is 0 Å². The third kappa shape index (κ3) is 2.88. The molecule has 2 aromatic heterocycles. The first-order chi connectivity index (χ1) is 16.4. The monoisotopic (exact) mass is 437 g/mol. The van der Waals surface area contributed by atoms with Crippen molar-refractivity contribution < 1.29 is 0 Å². The van der Waals surface area contributed by atoms with Crippen LogP contribution in [0.2, 0.25) is 0 Å². The number of nitrogens with zero attached hydrogens (tertiary/aromatic N) is 1. The van der Waals surface area contributed by atoms with Crippen LogP contribution in [-0.4, -0.2) is 4.98 Å². The molecule has 1 nitrogen and oxygen atoms in total. The summed E-state index contributed by atoms with van der Waals surface area (Å²) in [7, 11) is 0. The van der Waals surface area contributed by atoms with Crippen molar-refractivity contribution in [2.75, 3.05) is 0 Å². The van der Waals surface area contributed by atoms with Crippen LogP contribution in [0.25, 0.3) is 64.1 Å². The molecule has 0 N–H and O–H groups in total. The highest BCUT2D eigenvalue weighted by Gasteiger charge is 2.15. The second-order valence-electron chi connectivity index (χ2n) is 8.41. The van der Waals surface area contributed by atoms with E-state index in [4.69, 9.17) is 4.98 Å². The molecule has 5 aromatic carbocycles. The van der Waals surface area contributed by atoms with Crippen LogP contribution in [-0.2, 0) is 0 Å². The molecule has 0 aliphatic rings. The number of fused-ring (bicyclic) bond motifs is 6. The van der Waals surface area contributed by atoms with Crippen LogP contribution < -0.4 is 0 Å². The zero-order valence-corrected chi connectivity index (χ0v) is 18.6. The highest BCUT2D eigenvalue weighted by Crippen LogP contribution is 2.44. The van der Waals surface area contributed by atoms with E-state index in [1.165, 1.54) is 58.6 Å². The quantitative estimate of drug-likeness (QED) is 0.246. The van der Waals surface area contributed by atoms with Crippen LogP contribution in [0.4, 0.5) is 0 Å². The lowest BCUT2D eigenvalue weighted by Gasteiger charge is -2.12. The maximum atomic E-state index is 4.78. The smallest absolute Gasteiger partial charge is 0.0786 e. The number of pyridine rings is 1. The lowest BCUT2D eigenvalue weighted by Crippen LogP contribution is -1.87. The summed E-state index contributed by atoms with van der Waals surface area (Å²) >= 11 is 1.88. The van der Waals surface area contributed by atoms with Crippen molar-refractivity contribution in [3.05, 3.63) is 115 Å². The van der Waals surface area contributed by atoms with E-state index in [-0.39, 0.29) is 0 Å². The van der Waals surface area contributed by atoms with Crippen molar-refractivity contribution in [1.82, 2.24) is 4.98 Å². The molecule has 154 valence electrons. The predicted molar refractivity (Wildman–Crippen MR) is 143 cm³/mol.